The minimum Gasteiger partial charge on any atom is -0.467 e. The van der Waals surface area contributed by atoms with Crippen LogP contribution in [-0.4, -0.2) is 39.6 Å². The normalized spacial score (nSPS) is 28.8. The van der Waals surface area contributed by atoms with Crippen molar-refractivity contribution in [1.29, 1.82) is 0 Å². The molecule has 2 aliphatic rings. The fraction of sp³-hybridized carbons (Fsp3) is 0.556. The molecular weight excluding hydrogens is 306 g/mol. The number of furan rings is 1. The van der Waals surface area contributed by atoms with Gasteiger partial charge in [-0.15, -0.1) is 0 Å². The van der Waals surface area contributed by atoms with E-state index in [4.69, 9.17) is 9.15 Å². The highest BCUT2D eigenvalue weighted by Gasteiger charge is 2.53. The Morgan fingerprint density at radius 1 is 1.46 bits per heavy atom. The Kier molecular flexibility index (Phi) is 3.72. The SMILES string of the molecule is CC1(C)CN(C(=O)[C@@H]2OCC[C@@H]2Cn2ccnc2)C1c1ccco1. The van der Waals surface area contributed by atoms with Crippen LogP contribution in [0.25, 0.3) is 0 Å². The van der Waals surface area contributed by atoms with E-state index in [1.54, 1.807) is 18.8 Å². The summed E-state index contributed by atoms with van der Waals surface area (Å²) in [4.78, 5) is 19.1. The van der Waals surface area contributed by atoms with Crippen LogP contribution in [0.4, 0.5) is 0 Å². The molecule has 2 aromatic heterocycles. The average Bonchev–Trinajstić information content (AvgIpc) is 3.27. The van der Waals surface area contributed by atoms with Crippen molar-refractivity contribution in [3.63, 3.8) is 0 Å². The van der Waals surface area contributed by atoms with E-state index >= 15 is 0 Å². The average molecular weight is 329 g/mol. The summed E-state index contributed by atoms with van der Waals surface area (Å²) in [5.74, 6) is 1.12. The van der Waals surface area contributed by atoms with Crippen LogP contribution in [0.3, 0.4) is 0 Å². The maximum absolute atomic E-state index is 13.1. The minimum atomic E-state index is -0.374. The second kappa shape index (κ2) is 5.77. The molecule has 0 radical (unpaired) electrons. The molecule has 0 saturated carbocycles. The highest BCUT2D eigenvalue weighted by molar-refractivity contribution is 5.83. The summed E-state index contributed by atoms with van der Waals surface area (Å²) in [6.45, 7) is 6.47. The number of imidazole rings is 1. The number of ether oxygens (including phenoxy) is 1. The van der Waals surface area contributed by atoms with Crippen LogP contribution < -0.4 is 0 Å². The summed E-state index contributed by atoms with van der Waals surface area (Å²) in [5.41, 5.74) is 0.0198. The van der Waals surface area contributed by atoms with E-state index in [9.17, 15) is 4.79 Å². The van der Waals surface area contributed by atoms with Gasteiger partial charge in [-0.05, 0) is 18.6 Å². The third-order valence-corrected chi connectivity index (χ3v) is 5.19. The lowest BCUT2D eigenvalue weighted by atomic mass is 9.73. The van der Waals surface area contributed by atoms with Crippen molar-refractivity contribution < 1.29 is 13.9 Å². The first kappa shape index (κ1) is 15.4. The topological polar surface area (TPSA) is 60.5 Å². The molecule has 1 amide bonds. The van der Waals surface area contributed by atoms with Gasteiger partial charge in [0.05, 0.1) is 18.6 Å². The van der Waals surface area contributed by atoms with E-state index in [1.807, 2.05) is 27.8 Å². The third-order valence-electron chi connectivity index (χ3n) is 5.19. The second-order valence-corrected chi connectivity index (χ2v) is 7.47. The molecule has 24 heavy (non-hydrogen) atoms. The van der Waals surface area contributed by atoms with E-state index in [0.29, 0.717) is 6.61 Å². The highest BCUT2D eigenvalue weighted by Crippen LogP contribution is 2.49. The summed E-state index contributed by atoms with van der Waals surface area (Å²) in [7, 11) is 0. The molecule has 2 aromatic rings. The number of likely N-dealkylation sites (tertiary alicyclic amines) is 1. The van der Waals surface area contributed by atoms with Gasteiger partial charge in [-0.25, -0.2) is 4.98 Å². The van der Waals surface area contributed by atoms with Gasteiger partial charge in [-0.2, -0.15) is 0 Å². The maximum Gasteiger partial charge on any atom is 0.252 e. The number of carbonyl (C=O) groups is 1. The molecule has 6 heteroatoms. The highest BCUT2D eigenvalue weighted by atomic mass is 16.5. The molecule has 0 bridgehead atoms. The first-order valence-electron chi connectivity index (χ1n) is 8.47. The number of amides is 1. The largest absolute Gasteiger partial charge is 0.467 e. The van der Waals surface area contributed by atoms with Crippen molar-refractivity contribution >= 4 is 5.91 Å². The molecule has 4 heterocycles. The van der Waals surface area contributed by atoms with E-state index in [2.05, 4.69) is 18.8 Å². The van der Waals surface area contributed by atoms with E-state index in [0.717, 1.165) is 25.3 Å². The van der Waals surface area contributed by atoms with Crippen molar-refractivity contribution in [2.75, 3.05) is 13.2 Å². The fourth-order valence-electron chi connectivity index (χ4n) is 4.04. The molecule has 128 valence electrons. The van der Waals surface area contributed by atoms with Gasteiger partial charge in [0.25, 0.3) is 5.91 Å². The summed E-state index contributed by atoms with van der Waals surface area (Å²) < 4.78 is 13.4. The molecule has 0 aliphatic carbocycles. The van der Waals surface area contributed by atoms with Gasteiger partial charge in [0.15, 0.2) is 0 Å². The van der Waals surface area contributed by atoms with Crippen LogP contribution in [0.15, 0.2) is 41.5 Å². The lowest BCUT2D eigenvalue weighted by Gasteiger charge is -2.53. The Balaban J connectivity index is 1.50. The van der Waals surface area contributed by atoms with Gasteiger partial charge < -0.3 is 18.6 Å². The predicted octanol–water partition coefficient (Wildman–Crippen LogP) is 2.49. The summed E-state index contributed by atoms with van der Waals surface area (Å²) in [6, 6.07) is 3.81. The van der Waals surface area contributed by atoms with Crippen molar-refractivity contribution in [3.05, 3.63) is 42.9 Å². The number of rotatable bonds is 4. The zero-order valence-corrected chi connectivity index (χ0v) is 14.1. The van der Waals surface area contributed by atoms with Gasteiger partial charge >= 0.3 is 0 Å². The maximum atomic E-state index is 13.1. The minimum absolute atomic E-state index is 0.0157. The van der Waals surface area contributed by atoms with Crippen LogP contribution in [0, 0.1) is 11.3 Å². The Labute approximate surface area is 141 Å². The Morgan fingerprint density at radius 3 is 3.00 bits per heavy atom. The number of aromatic nitrogens is 2. The van der Waals surface area contributed by atoms with E-state index in [-0.39, 0.29) is 29.4 Å². The van der Waals surface area contributed by atoms with Crippen LogP contribution in [0.1, 0.15) is 32.1 Å². The summed E-state index contributed by atoms with van der Waals surface area (Å²) in [6.07, 6.45) is 7.67. The van der Waals surface area contributed by atoms with Crippen molar-refractivity contribution in [3.8, 4) is 0 Å². The fourth-order valence-corrected chi connectivity index (χ4v) is 4.04. The first-order chi connectivity index (χ1) is 11.6. The molecular formula is C18H23N3O3. The summed E-state index contributed by atoms with van der Waals surface area (Å²) in [5, 5.41) is 0. The molecule has 0 N–H and O–H groups in total. The molecule has 6 nitrogen and oxygen atoms in total. The summed E-state index contributed by atoms with van der Waals surface area (Å²) >= 11 is 0. The van der Waals surface area contributed by atoms with Crippen molar-refractivity contribution in [2.45, 2.75) is 39.0 Å². The molecule has 1 unspecified atom stereocenters. The van der Waals surface area contributed by atoms with Crippen molar-refractivity contribution in [2.24, 2.45) is 11.3 Å². The molecule has 2 fully saturated rings. The van der Waals surface area contributed by atoms with Crippen LogP contribution in [0.5, 0.6) is 0 Å². The number of nitrogens with zero attached hydrogens (tertiary/aromatic N) is 3. The number of hydrogen-bond acceptors (Lipinski definition) is 4. The van der Waals surface area contributed by atoms with Gasteiger partial charge in [-0.1, -0.05) is 13.8 Å². The van der Waals surface area contributed by atoms with Crippen LogP contribution in [-0.2, 0) is 16.1 Å². The Bertz CT molecular complexity index is 693. The van der Waals surface area contributed by atoms with Crippen LogP contribution in [0.2, 0.25) is 0 Å². The van der Waals surface area contributed by atoms with Gasteiger partial charge in [0, 0.05) is 43.4 Å². The monoisotopic (exact) mass is 329 g/mol. The first-order valence-corrected chi connectivity index (χ1v) is 8.47. The molecule has 0 aromatic carbocycles. The molecule has 0 spiro atoms. The van der Waals surface area contributed by atoms with Gasteiger partial charge in [0.2, 0.25) is 0 Å². The molecule has 4 rings (SSSR count). The number of hydrogen-bond donors (Lipinski definition) is 0. The quantitative estimate of drug-likeness (QED) is 0.865. The van der Waals surface area contributed by atoms with E-state index in [1.165, 1.54) is 0 Å². The standard InChI is InChI=1S/C18H23N3O3/c1-18(2)11-21(16(18)14-4-3-8-23-14)17(22)15-13(5-9-24-15)10-20-7-6-19-12-20/h3-4,6-8,12-13,15-16H,5,9-11H2,1-2H3/t13-,15-,16?/m1/s1. The lowest BCUT2D eigenvalue weighted by molar-refractivity contribution is -0.165. The zero-order chi connectivity index (χ0) is 16.7. The Hall–Kier alpha value is -2.08. The molecule has 2 saturated heterocycles. The lowest BCUT2D eigenvalue weighted by Crippen LogP contribution is -2.60. The second-order valence-electron chi connectivity index (χ2n) is 7.47. The molecule has 3 atom stereocenters. The van der Waals surface area contributed by atoms with Crippen LogP contribution >= 0.6 is 0 Å². The molecule has 2 aliphatic heterocycles. The number of carbonyl (C=O) groups excluding carboxylic acids is 1. The smallest absolute Gasteiger partial charge is 0.252 e. The van der Waals surface area contributed by atoms with Crippen molar-refractivity contribution in [1.82, 2.24) is 14.5 Å². The predicted molar refractivity (Wildman–Crippen MR) is 87.0 cm³/mol. The van der Waals surface area contributed by atoms with E-state index < -0.39 is 0 Å². The Morgan fingerprint density at radius 2 is 2.33 bits per heavy atom. The van der Waals surface area contributed by atoms with Gasteiger partial charge in [-0.3, -0.25) is 4.79 Å². The van der Waals surface area contributed by atoms with Gasteiger partial charge in [0.1, 0.15) is 11.9 Å². The zero-order valence-electron chi connectivity index (χ0n) is 14.1. The third kappa shape index (κ3) is 2.55.